The van der Waals surface area contributed by atoms with Crippen LogP contribution in [0.1, 0.15) is 79.7 Å². The SMILES string of the molecule is CC(C)c1cc(-c2ccccc2)cc(C(C)C)c1-n1c(-c2[c-]ccc3c2oc2cc(-c4ccccc4)ccc23)nc2ccccc21.[2H]C([2H])([2H])c1c[c-]c(-c2cc(CC(C)C)c([Si](C)(C)C)cn2)c(F)c1.[Ir]. The predicted octanol–water partition coefficient (Wildman–Crippen LogP) is 16.7. The molecule has 0 aliphatic heterocycles. The van der Waals surface area contributed by atoms with Crippen molar-refractivity contribution >= 4 is 46.2 Å². The van der Waals surface area contributed by atoms with E-state index in [-0.39, 0.29) is 43.1 Å². The van der Waals surface area contributed by atoms with Crippen LogP contribution >= 0.6 is 0 Å². The normalized spacial score (nSPS) is 12.6. The molecule has 4 nitrogen and oxygen atoms in total. The molecule has 10 rings (SSSR count). The van der Waals surface area contributed by atoms with Gasteiger partial charge in [0.05, 0.1) is 30.5 Å². The van der Waals surface area contributed by atoms with Gasteiger partial charge in [-0.25, -0.2) is 0 Å². The number of fused-ring (bicyclic) bond motifs is 4. The van der Waals surface area contributed by atoms with Gasteiger partial charge in [0.15, 0.2) is 0 Å². The molecule has 0 aliphatic rings. The number of furan rings is 1. The molecule has 0 unspecified atom stereocenters. The number of rotatable bonds is 10. The molecule has 10 aromatic rings. The van der Waals surface area contributed by atoms with Crippen LogP contribution in [-0.4, -0.2) is 22.6 Å². The third-order valence-corrected chi connectivity index (χ3v) is 14.7. The number of hydrogen-bond donors (Lipinski definition) is 0. The summed E-state index contributed by atoms with van der Waals surface area (Å²) in [6.45, 7) is 17.9. The Morgan fingerprint density at radius 2 is 1.35 bits per heavy atom. The molecule has 7 heteroatoms. The van der Waals surface area contributed by atoms with Crippen LogP contribution in [0.4, 0.5) is 4.39 Å². The number of halogens is 1. The van der Waals surface area contributed by atoms with E-state index in [0.717, 1.165) is 62.4 Å². The zero-order chi connectivity index (χ0) is 50.4. The van der Waals surface area contributed by atoms with E-state index < -0.39 is 20.7 Å². The van der Waals surface area contributed by atoms with Gasteiger partial charge in [0, 0.05) is 47.3 Å². The quantitative estimate of drug-likeness (QED) is 0.101. The number of hydrogen-bond acceptors (Lipinski definition) is 3. The van der Waals surface area contributed by atoms with Gasteiger partial charge in [0.1, 0.15) is 5.58 Å². The smallest absolute Gasteiger partial charge is 0.121 e. The van der Waals surface area contributed by atoms with Crippen molar-refractivity contribution in [3.63, 3.8) is 0 Å². The Kier molecular flexibility index (Phi) is 13.4. The maximum absolute atomic E-state index is 14.5. The van der Waals surface area contributed by atoms with Crippen molar-refractivity contribution in [1.29, 1.82) is 0 Å². The summed E-state index contributed by atoms with van der Waals surface area (Å²) < 4.78 is 45.7. The zero-order valence-electron chi connectivity index (χ0n) is 43.8. The van der Waals surface area contributed by atoms with Gasteiger partial charge >= 0.3 is 0 Å². The molecule has 0 N–H and O–H groups in total. The fourth-order valence-corrected chi connectivity index (χ4v) is 10.9. The zero-order valence-corrected chi connectivity index (χ0v) is 44.2. The van der Waals surface area contributed by atoms with Crippen molar-refractivity contribution < 1.29 is 33.0 Å². The average Bonchev–Trinajstić information content (AvgIpc) is 3.92. The molecule has 69 heavy (non-hydrogen) atoms. The van der Waals surface area contributed by atoms with Crippen LogP contribution in [0.15, 0.2) is 156 Å². The van der Waals surface area contributed by atoms with Crippen LogP contribution in [-0.2, 0) is 26.5 Å². The number of para-hydroxylation sites is 2. The van der Waals surface area contributed by atoms with E-state index in [1.54, 1.807) is 0 Å². The first-order valence-corrected chi connectivity index (χ1v) is 27.2. The van der Waals surface area contributed by atoms with E-state index in [0.29, 0.717) is 11.6 Å². The van der Waals surface area contributed by atoms with Crippen LogP contribution in [0.5, 0.6) is 0 Å². The molecule has 0 aliphatic carbocycles. The number of imidazole rings is 1. The Morgan fingerprint density at radius 3 is 1.97 bits per heavy atom. The molecule has 351 valence electrons. The fourth-order valence-electron chi connectivity index (χ4n) is 9.34. The summed E-state index contributed by atoms with van der Waals surface area (Å²) in [7, 11) is -1.56. The molecule has 0 bridgehead atoms. The predicted molar refractivity (Wildman–Crippen MR) is 286 cm³/mol. The Bertz CT molecular complexity index is 3510. The average molecular weight is 1110 g/mol. The molecule has 0 spiro atoms. The largest absolute Gasteiger partial charge is 0.501 e. The number of pyridine rings is 1. The summed E-state index contributed by atoms with van der Waals surface area (Å²) in [4.78, 5) is 9.76. The second-order valence-corrected chi connectivity index (χ2v) is 24.9. The summed E-state index contributed by atoms with van der Waals surface area (Å²) in [6.07, 6.45) is 2.77. The molecule has 0 saturated heterocycles. The molecule has 0 atom stereocenters. The molecular weight excluding hydrogens is 1040 g/mol. The topological polar surface area (TPSA) is 43.9 Å². The molecule has 7 aromatic carbocycles. The van der Waals surface area contributed by atoms with Crippen LogP contribution in [0.2, 0.25) is 19.6 Å². The molecule has 1 radical (unpaired) electrons. The first-order chi connectivity index (χ1) is 33.9. The summed E-state index contributed by atoms with van der Waals surface area (Å²) in [5.41, 5.74) is 15.0. The Labute approximate surface area is 426 Å². The minimum Gasteiger partial charge on any atom is -0.501 e. The minimum absolute atomic E-state index is 0. The van der Waals surface area contributed by atoms with Crippen molar-refractivity contribution in [3.8, 4) is 50.6 Å². The number of aryl methyl sites for hydroxylation is 1. The van der Waals surface area contributed by atoms with Crippen LogP contribution in [0.25, 0.3) is 83.6 Å². The van der Waals surface area contributed by atoms with E-state index in [9.17, 15) is 4.39 Å². The van der Waals surface area contributed by atoms with Crippen molar-refractivity contribution in [2.24, 2.45) is 5.92 Å². The van der Waals surface area contributed by atoms with Crippen LogP contribution in [0, 0.1) is 30.7 Å². The third kappa shape index (κ3) is 10.1. The van der Waals surface area contributed by atoms with Gasteiger partial charge in [-0.15, -0.1) is 42.0 Å². The molecule has 3 aromatic heterocycles. The molecule has 0 saturated carbocycles. The van der Waals surface area contributed by atoms with E-state index in [1.807, 2.05) is 24.4 Å². The van der Waals surface area contributed by atoms with Crippen LogP contribution in [0.3, 0.4) is 0 Å². The van der Waals surface area contributed by atoms with E-state index in [4.69, 9.17) is 13.5 Å². The van der Waals surface area contributed by atoms with Crippen molar-refractivity contribution in [2.45, 2.75) is 86.3 Å². The van der Waals surface area contributed by atoms with Gasteiger partial charge in [0.2, 0.25) is 0 Å². The third-order valence-electron chi connectivity index (χ3n) is 12.6. The van der Waals surface area contributed by atoms with Gasteiger partial charge in [-0.1, -0.05) is 181 Å². The van der Waals surface area contributed by atoms with Gasteiger partial charge in [-0.2, -0.15) is 0 Å². The minimum atomic E-state index is -2.34. The van der Waals surface area contributed by atoms with E-state index >= 15 is 0 Å². The summed E-state index contributed by atoms with van der Waals surface area (Å²) in [5.74, 6) is 1.29. The van der Waals surface area contributed by atoms with Gasteiger partial charge in [-0.05, 0) is 98.8 Å². The summed E-state index contributed by atoms with van der Waals surface area (Å²) in [6, 6.07) is 55.6. The van der Waals surface area contributed by atoms with E-state index in [1.165, 1.54) is 50.3 Å². The maximum atomic E-state index is 14.5. The second kappa shape index (κ2) is 20.4. The Balaban J connectivity index is 0.000000227. The van der Waals surface area contributed by atoms with Gasteiger partial charge in [0.25, 0.3) is 0 Å². The summed E-state index contributed by atoms with van der Waals surface area (Å²) >= 11 is 0. The van der Waals surface area contributed by atoms with Crippen LogP contribution < -0.4 is 5.19 Å². The molecule has 0 amide bonds. The van der Waals surface area contributed by atoms with Gasteiger partial charge < -0.3 is 14.0 Å². The monoisotopic (exact) mass is 1110 g/mol. The maximum Gasteiger partial charge on any atom is 0.121 e. The number of aromatic nitrogens is 3. The summed E-state index contributed by atoms with van der Waals surface area (Å²) in [5, 5.41) is 3.43. The first kappa shape index (κ1) is 45.2. The second-order valence-electron chi connectivity index (χ2n) is 19.9. The Morgan fingerprint density at radius 1 is 0.696 bits per heavy atom. The Hall–Kier alpha value is -6.24. The van der Waals surface area contributed by atoms with Gasteiger partial charge in [-0.3, -0.25) is 9.37 Å². The van der Waals surface area contributed by atoms with E-state index in [2.05, 4.69) is 198 Å². The molecule has 3 heterocycles. The number of nitrogens with zero attached hydrogens (tertiary/aromatic N) is 3. The molecule has 0 fully saturated rings. The van der Waals surface area contributed by atoms with Crippen molar-refractivity contribution in [3.05, 3.63) is 192 Å². The van der Waals surface area contributed by atoms with Crippen molar-refractivity contribution in [1.82, 2.24) is 14.5 Å². The fraction of sp³-hybridized carbons (Fsp3) is 0.226. The molecular formula is C62H60FIrN3OSi-2. The standard InChI is InChI=1S/C43H35N2O.C19H25FNSi.Ir/c1-27(2)36-24-32(30-16-9-6-10-17-30)25-37(28(3)4)41(36)45-39-21-12-11-20-38(39)44-43(45)35-19-13-18-34-33-23-22-31(26-40(33)46-42(34)35)29-14-7-5-8-15-29;1-13(2)9-15-11-18(21-12-19(15)22(4,5)6)16-8-7-14(3)10-17(16)20;/h5-18,20-28H,1-4H3;7,10-13H,9H2,1-6H3;/q2*-1;/i;3D3;. The first-order valence-electron chi connectivity index (χ1n) is 25.2. The number of benzene rings is 7. The van der Waals surface area contributed by atoms with Crippen molar-refractivity contribution in [2.75, 3.05) is 0 Å².